The van der Waals surface area contributed by atoms with Gasteiger partial charge in [0.15, 0.2) is 6.10 Å². The first kappa shape index (κ1) is 23.9. The van der Waals surface area contributed by atoms with Gasteiger partial charge in [-0.15, -0.1) is 0 Å². The van der Waals surface area contributed by atoms with Crippen LogP contribution in [0.5, 0.6) is 0 Å². The lowest BCUT2D eigenvalue weighted by Crippen LogP contribution is -2.31. The van der Waals surface area contributed by atoms with E-state index in [4.69, 9.17) is 4.74 Å². The second kappa shape index (κ2) is 9.54. The first-order valence-electron chi connectivity index (χ1n) is 11.3. The smallest absolute Gasteiger partial charge is 0.338 e. The molecule has 0 spiro atoms. The molecule has 0 saturated carbocycles. The van der Waals surface area contributed by atoms with Crippen LogP contribution in [-0.2, 0) is 16.1 Å². The summed E-state index contributed by atoms with van der Waals surface area (Å²) in [6, 6.07) is 17.1. The van der Waals surface area contributed by atoms with Crippen LogP contribution in [0.2, 0.25) is 0 Å². The van der Waals surface area contributed by atoms with E-state index in [2.05, 4.69) is 5.32 Å². The van der Waals surface area contributed by atoms with Crippen molar-refractivity contribution in [2.24, 2.45) is 0 Å². The van der Waals surface area contributed by atoms with Gasteiger partial charge in [0.25, 0.3) is 17.7 Å². The number of amides is 3. The minimum atomic E-state index is -1.03. The van der Waals surface area contributed by atoms with Crippen molar-refractivity contribution in [2.75, 3.05) is 5.32 Å². The molecule has 1 aliphatic heterocycles. The second-order valence-electron chi connectivity index (χ2n) is 8.75. The molecule has 3 aromatic carbocycles. The maximum atomic E-state index is 12.7. The number of rotatable bonds is 6. The molecule has 1 atom stereocenters. The van der Waals surface area contributed by atoms with Gasteiger partial charge in [-0.1, -0.05) is 42.0 Å². The minimum absolute atomic E-state index is 0.0233. The summed E-state index contributed by atoms with van der Waals surface area (Å²) in [5.74, 6) is -1.85. The van der Waals surface area contributed by atoms with Crippen molar-refractivity contribution in [3.8, 4) is 0 Å². The number of carbonyl (C=O) groups excluding carboxylic acids is 4. The van der Waals surface area contributed by atoms with Gasteiger partial charge in [0, 0.05) is 5.69 Å². The SMILES string of the molecule is Cc1cc(C)c(NC(=O)C(C)OC(=O)c2cccc(CN3C(=O)c4ccccc4C3=O)c2)c(C)c1. The fourth-order valence-corrected chi connectivity index (χ4v) is 4.25. The van der Waals surface area contributed by atoms with Crippen molar-refractivity contribution in [2.45, 2.75) is 40.3 Å². The Morgan fingerprint density at radius 2 is 1.49 bits per heavy atom. The lowest BCUT2D eigenvalue weighted by molar-refractivity contribution is -0.123. The summed E-state index contributed by atoms with van der Waals surface area (Å²) >= 11 is 0. The summed E-state index contributed by atoms with van der Waals surface area (Å²) in [5.41, 5.74) is 5.20. The molecule has 7 heteroatoms. The van der Waals surface area contributed by atoms with Crippen LogP contribution in [0.4, 0.5) is 5.69 Å². The van der Waals surface area contributed by atoms with Gasteiger partial charge in [0.2, 0.25) is 0 Å². The number of anilines is 1. The Morgan fingerprint density at radius 1 is 0.886 bits per heavy atom. The molecule has 7 nitrogen and oxygen atoms in total. The minimum Gasteiger partial charge on any atom is -0.449 e. The van der Waals surface area contributed by atoms with Crippen molar-refractivity contribution < 1.29 is 23.9 Å². The summed E-state index contributed by atoms with van der Waals surface area (Å²) in [4.78, 5) is 51.8. The van der Waals surface area contributed by atoms with E-state index in [1.54, 1.807) is 48.5 Å². The Kier molecular flexibility index (Phi) is 6.51. The molecular formula is C28H26N2O5. The Labute approximate surface area is 203 Å². The predicted octanol–water partition coefficient (Wildman–Crippen LogP) is 4.59. The van der Waals surface area contributed by atoms with Crippen LogP contribution in [0.1, 0.15) is 60.3 Å². The van der Waals surface area contributed by atoms with E-state index >= 15 is 0 Å². The summed E-state index contributed by atoms with van der Waals surface area (Å²) < 4.78 is 5.39. The average Bonchev–Trinajstić information content (AvgIpc) is 3.06. The zero-order valence-corrected chi connectivity index (χ0v) is 20.0. The topological polar surface area (TPSA) is 92.8 Å². The number of carbonyl (C=O) groups is 4. The number of esters is 1. The van der Waals surface area contributed by atoms with Crippen LogP contribution in [-0.4, -0.2) is 34.7 Å². The molecule has 0 radical (unpaired) electrons. The fourth-order valence-electron chi connectivity index (χ4n) is 4.25. The molecule has 0 bridgehead atoms. The third kappa shape index (κ3) is 4.84. The van der Waals surface area contributed by atoms with E-state index in [1.165, 1.54) is 6.92 Å². The van der Waals surface area contributed by atoms with Crippen LogP contribution >= 0.6 is 0 Å². The molecule has 0 fully saturated rings. The molecule has 1 aliphatic rings. The van der Waals surface area contributed by atoms with Crippen LogP contribution in [0.3, 0.4) is 0 Å². The largest absolute Gasteiger partial charge is 0.449 e. The summed E-state index contributed by atoms with van der Waals surface area (Å²) in [5, 5.41) is 2.84. The first-order chi connectivity index (χ1) is 16.7. The van der Waals surface area contributed by atoms with Crippen molar-refractivity contribution >= 4 is 29.4 Å². The highest BCUT2D eigenvalue weighted by Crippen LogP contribution is 2.25. The molecule has 35 heavy (non-hydrogen) atoms. The van der Waals surface area contributed by atoms with Gasteiger partial charge in [-0.2, -0.15) is 0 Å². The molecule has 0 aliphatic carbocycles. The number of benzene rings is 3. The number of imide groups is 1. The fraction of sp³-hybridized carbons (Fsp3) is 0.214. The molecule has 3 aromatic rings. The first-order valence-corrected chi connectivity index (χ1v) is 11.3. The van der Waals surface area contributed by atoms with Gasteiger partial charge in [-0.25, -0.2) is 4.79 Å². The Morgan fingerprint density at radius 3 is 2.09 bits per heavy atom. The summed E-state index contributed by atoms with van der Waals surface area (Å²) in [6.07, 6.45) is -1.03. The van der Waals surface area contributed by atoms with E-state index in [-0.39, 0.29) is 23.9 Å². The monoisotopic (exact) mass is 470 g/mol. The summed E-state index contributed by atoms with van der Waals surface area (Å²) in [6.45, 7) is 7.33. The van der Waals surface area contributed by atoms with Crippen molar-refractivity contribution in [3.05, 3.63) is 99.6 Å². The lowest BCUT2D eigenvalue weighted by Gasteiger charge is -2.17. The zero-order chi connectivity index (χ0) is 25.3. The predicted molar refractivity (Wildman–Crippen MR) is 131 cm³/mol. The van der Waals surface area contributed by atoms with E-state index in [0.717, 1.165) is 21.6 Å². The Bertz CT molecular complexity index is 1300. The number of fused-ring (bicyclic) bond motifs is 1. The van der Waals surface area contributed by atoms with Crippen LogP contribution < -0.4 is 5.32 Å². The molecule has 4 rings (SSSR count). The Hall–Kier alpha value is -4.26. The Balaban J connectivity index is 1.42. The molecular weight excluding hydrogens is 444 g/mol. The van der Waals surface area contributed by atoms with Crippen molar-refractivity contribution in [1.29, 1.82) is 0 Å². The van der Waals surface area contributed by atoms with Crippen LogP contribution in [0.15, 0.2) is 60.7 Å². The second-order valence-corrected chi connectivity index (χ2v) is 8.75. The maximum Gasteiger partial charge on any atom is 0.338 e. The molecule has 0 saturated heterocycles. The van der Waals surface area contributed by atoms with Gasteiger partial charge in [-0.05, 0) is 68.7 Å². The standard InChI is InChI=1S/C28H26N2O5/c1-16-12-17(2)24(18(3)13-16)29-25(31)19(4)35-28(34)21-9-7-8-20(14-21)15-30-26(32)22-10-5-6-11-23(22)27(30)33/h5-14,19H,15H2,1-4H3,(H,29,31). The molecule has 178 valence electrons. The number of aryl methyl sites for hydroxylation is 3. The van der Waals surface area contributed by atoms with Gasteiger partial charge >= 0.3 is 5.97 Å². The highest BCUT2D eigenvalue weighted by atomic mass is 16.5. The molecule has 1 heterocycles. The van der Waals surface area contributed by atoms with E-state index in [0.29, 0.717) is 22.4 Å². The van der Waals surface area contributed by atoms with Crippen molar-refractivity contribution in [3.63, 3.8) is 0 Å². The van der Waals surface area contributed by atoms with Crippen LogP contribution in [0.25, 0.3) is 0 Å². The quantitative estimate of drug-likeness (QED) is 0.420. The van der Waals surface area contributed by atoms with Crippen LogP contribution in [0, 0.1) is 20.8 Å². The number of nitrogens with zero attached hydrogens (tertiary/aromatic N) is 1. The average molecular weight is 471 g/mol. The highest BCUT2D eigenvalue weighted by Gasteiger charge is 2.35. The molecule has 1 N–H and O–H groups in total. The highest BCUT2D eigenvalue weighted by molar-refractivity contribution is 6.21. The number of nitrogens with one attached hydrogen (secondary N) is 1. The van der Waals surface area contributed by atoms with Gasteiger partial charge in [0.1, 0.15) is 0 Å². The number of hydrogen-bond acceptors (Lipinski definition) is 5. The van der Waals surface area contributed by atoms with E-state index < -0.39 is 18.0 Å². The van der Waals surface area contributed by atoms with Gasteiger partial charge < -0.3 is 10.1 Å². The number of ether oxygens (including phenoxy) is 1. The summed E-state index contributed by atoms with van der Waals surface area (Å²) in [7, 11) is 0. The third-order valence-corrected chi connectivity index (χ3v) is 5.96. The maximum absolute atomic E-state index is 12.7. The molecule has 3 amide bonds. The van der Waals surface area contributed by atoms with Gasteiger partial charge in [0.05, 0.1) is 23.2 Å². The van der Waals surface area contributed by atoms with E-state index in [9.17, 15) is 19.2 Å². The molecule has 1 unspecified atom stereocenters. The normalized spacial score (nSPS) is 13.4. The van der Waals surface area contributed by atoms with E-state index in [1.807, 2.05) is 32.9 Å². The van der Waals surface area contributed by atoms with Crippen molar-refractivity contribution in [1.82, 2.24) is 4.90 Å². The number of hydrogen-bond donors (Lipinski definition) is 1. The third-order valence-electron chi connectivity index (χ3n) is 5.96. The zero-order valence-electron chi connectivity index (χ0n) is 20.0. The lowest BCUT2D eigenvalue weighted by atomic mass is 10.0. The van der Waals surface area contributed by atoms with Gasteiger partial charge in [-0.3, -0.25) is 19.3 Å². The molecule has 0 aromatic heterocycles.